The molecule has 1 N–H and O–H groups in total. The van der Waals surface area contributed by atoms with Crippen LogP contribution in [0.5, 0.6) is 0 Å². The highest BCUT2D eigenvalue weighted by atomic mass is 32.2. The third-order valence-electron chi connectivity index (χ3n) is 6.63. The van der Waals surface area contributed by atoms with Crippen LogP contribution in [0.15, 0.2) is 47.4 Å². The maximum atomic E-state index is 13.4. The molecular formula is C25H31F2N3O3S. The number of sulfonamides is 1. The van der Waals surface area contributed by atoms with Crippen molar-refractivity contribution >= 4 is 15.9 Å². The third-order valence-corrected chi connectivity index (χ3v) is 8.55. The Balaban J connectivity index is 1.29. The Labute approximate surface area is 200 Å². The van der Waals surface area contributed by atoms with Crippen molar-refractivity contribution in [1.29, 1.82) is 0 Å². The number of likely N-dealkylation sites (tertiary alicyclic amines) is 1. The Bertz CT molecular complexity index is 1090. The van der Waals surface area contributed by atoms with Gasteiger partial charge in [0, 0.05) is 44.3 Å². The summed E-state index contributed by atoms with van der Waals surface area (Å²) in [5.74, 6) is -1.92. The van der Waals surface area contributed by atoms with Gasteiger partial charge in [0.1, 0.15) is 0 Å². The van der Waals surface area contributed by atoms with Crippen LogP contribution in [0.3, 0.4) is 0 Å². The molecule has 34 heavy (non-hydrogen) atoms. The van der Waals surface area contributed by atoms with Gasteiger partial charge in [-0.05, 0) is 67.6 Å². The van der Waals surface area contributed by atoms with E-state index in [1.165, 1.54) is 18.2 Å². The summed E-state index contributed by atoms with van der Waals surface area (Å²) in [4.78, 5) is 15.1. The Morgan fingerprint density at radius 2 is 1.53 bits per heavy atom. The molecule has 0 saturated carbocycles. The topological polar surface area (TPSA) is 69.7 Å². The van der Waals surface area contributed by atoms with Crippen LogP contribution in [0.25, 0.3) is 0 Å². The van der Waals surface area contributed by atoms with E-state index in [4.69, 9.17) is 0 Å². The normalized spacial score (nSPS) is 19.0. The second-order valence-corrected chi connectivity index (χ2v) is 11.1. The molecule has 2 aliphatic rings. The average Bonchev–Trinajstić information content (AvgIpc) is 3.13. The van der Waals surface area contributed by atoms with Crippen LogP contribution in [0.1, 0.15) is 54.4 Å². The molecule has 4 rings (SSSR count). The van der Waals surface area contributed by atoms with Gasteiger partial charge >= 0.3 is 0 Å². The van der Waals surface area contributed by atoms with E-state index in [1.54, 1.807) is 22.5 Å². The molecule has 0 atom stereocenters. The van der Waals surface area contributed by atoms with Crippen LogP contribution < -0.4 is 5.32 Å². The molecule has 2 fully saturated rings. The van der Waals surface area contributed by atoms with Crippen molar-refractivity contribution in [2.75, 3.05) is 26.2 Å². The van der Waals surface area contributed by atoms with Gasteiger partial charge in [-0.25, -0.2) is 17.2 Å². The van der Waals surface area contributed by atoms with Gasteiger partial charge in [0.25, 0.3) is 5.91 Å². The molecule has 184 valence electrons. The lowest BCUT2D eigenvalue weighted by Crippen LogP contribution is -2.44. The minimum atomic E-state index is -3.54. The van der Waals surface area contributed by atoms with Crippen LogP contribution in [-0.2, 0) is 16.6 Å². The van der Waals surface area contributed by atoms with Gasteiger partial charge in [0.05, 0.1) is 4.90 Å². The molecule has 0 unspecified atom stereocenters. The number of amides is 1. The Morgan fingerprint density at radius 1 is 0.882 bits per heavy atom. The van der Waals surface area contributed by atoms with E-state index < -0.39 is 21.7 Å². The summed E-state index contributed by atoms with van der Waals surface area (Å²) in [6.07, 6.45) is 5.34. The zero-order valence-corrected chi connectivity index (χ0v) is 20.0. The van der Waals surface area contributed by atoms with Gasteiger partial charge in [0.15, 0.2) is 11.6 Å². The smallest absolute Gasteiger partial charge is 0.251 e. The maximum Gasteiger partial charge on any atom is 0.251 e. The van der Waals surface area contributed by atoms with E-state index in [1.807, 2.05) is 0 Å². The number of halogens is 2. The Hall–Kier alpha value is -2.36. The predicted octanol–water partition coefficient (Wildman–Crippen LogP) is 3.92. The summed E-state index contributed by atoms with van der Waals surface area (Å²) < 4.78 is 53.9. The molecule has 2 aliphatic heterocycles. The van der Waals surface area contributed by atoms with Gasteiger partial charge in [-0.2, -0.15) is 4.31 Å². The van der Waals surface area contributed by atoms with Crippen molar-refractivity contribution in [1.82, 2.24) is 14.5 Å². The summed E-state index contributed by atoms with van der Waals surface area (Å²) in [5, 5.41) is 3.03. The fraction of sp³-hybridized carbons (Fsp3) is 0.480. The lowest BCUT2D eigenvalue weighted by atomic mass is 10.0. The van der Waals surface area contributed by atoms with Crippen LogP contribution in [0.4, 0.5) is 8.78 Å². The molecule has 2 saturated heterocycles. The molecule has 0 aromatic heterocycles. The van der Waals surface area contributed by atoms with E-state index in [2.05, 4.69) is 10.2 Å². The molecule has 0 radical (unpaired) electrons. The van der Waals surface area contributed by atoms with Crippen LogP contribution in [0, 0.1) is 11.6 Å². The minimum Gasteiger partial charge on any atom is -0.349 e. The zero-order chi connectivity index (χ0) is 24.1. The largest absolute Gasteiger partial charge is 0.349 e. The number of nitrogens with zero attached hydrogens (tertiary/aromatic N) is 2. The zero-order valence-electron chi connectivity index (χ0n) is 19.2. The SMILES string of the molecule is O=C(NC1CCN(Cc2ccc(F)c(F)c2)CC1)c1ccc(S(=O)(=O)N2CCCCCC2)cc1. The average molecular weight is 492 g/mol. The highest BCUT2D eigenvalue weighted by Gasteiger charge is 2.26. The Morgan fingerprint density at radius 3 is 2.15 bits per heavy atom. The molecule has 9 heteroatoms. The van der Waals surface area contributed by atoms with Crippen molar-refractivity contribution < 1.29 is 22.0 Å². The maximum absolute atomic E-state index is 13.4. The molecule has 0 spiro atoms. The molecule has 2 heterocycles. The predicted molar refractivity (Wildman–Crippen MR) is 126 cm³/mol. The quantitative estimate of drug-likeness (QED) is 0.665. The first kappa shape index (κ1) is 24.8. The van der Waals surface area contributed by atoms with Gasteiger partial charge in [-0.3, -0.25) is 9.69 Å². The Kier molecular flexibility index (Phi) is 7.95. The van der Waals surface area contributed by atoms with Crippen LogP contribution >= 0.6 is 0 Å². The summed E-state index contributed by atoms with van der Waals surface area (Å²) in [7, 11) is -3.54. The van der Waals surface area contributed by atoms with Gasteiger partial charge in [0.2, 0.25) is 10.0 Å². The van der Waals surface area contributed by atoms with E-state index in [9.17, 15) is 22.0 Å². The monoisotopic (exact) mass is 491 g/mol. The van der Waals surface area contributed by atoms with E-state index >= 15 is 0 Å². The second-order valence-electron chi connectivity index (χ2n) is 9.12. The van der Waals surface area contributed by atoms with Crippen LogP contribution in [0.2, 0.25) is 0 Å². The highest BCUT2D eigenvalue weighted by molar-refractivity contribution is 7.89. The lowest BCUT2D eigenvalue weighted by Gasteiger charge is -2.32. The van der Waals surface area contributed by atoms with Crippen molar-refractivity contribution in [3.05, 3.63) is 65.2 Å². The highest BCUT2D eigenvalue weighted by Crippen LogP contribution is 2.21. The van der Waals surface area contributed by atoms with Crippen molar-refractivity contribution in [2.24, 2.45) is 0 Å². The standard InChI is InChI=1S/C25H31F2N3O3S/c26-23-10-5-19(17-24(23)27)18-29-15-11-21(12-16-29)28-25(31)20-6-8-22(9-7-20)34(32,33)30-13-3-1-2-4-14-30/h5-10,17,21H,1-4,11-16,18H2,(H,28,31). The van der Waals surface area contributed by atoms with E-state index in [0.29, 0.717) is 25.2 Å². The van der Waals surface area contributed by atoms with E-state index in [-0.39, 0.29) is 16.8 Å². The summed E-state index contributed by atoms with van der Waals surface area (Å²) in [6, 6.07) is 10.1. The summed E-state index contributed by atoms with van der Waals surface area (Å²) in [5.41, 5.74) is 1.15. The number of benzene rings is 2. The number of carbonyl (C=O) groups excluding carboxylic acids is 1. The van der Waals surface area contributed by atoms with Crippen LogP contribution in [-0.4, -0.2) is 55.8 Å². The second kappa shape index (κ2) is 10.9. The fourth-order valence-electron chi connectivity index (χ4n) is 4.61. The molecule has 6 nitrogen and oxygen atoms in total. The first-order valence-corrected chi connectivity index (χ1v) is 13.3. The van der Waals surface area contributed by atoms with Gasteiger partial charge in [-0.1, -0.05) is 18.9 Å². The van der Waals surface area contributed by atoms with Crippen molar-refractivity contribution in [3.63, 3.8) is 0 Å². The number of hydrogen-bond acceptors (Lipinski definition) is 4. The number of nitrogens with one attached hydrogen (secondary N) is 1. The fourth-order valence-corrected chi connectivity index (χ4v) is 6.13. The van der Waals surface area contributed by atoms with E-state index in [0.717, 1.165) is 63.2 Å². The number of piperidine rings is 1. The number of hydrogen-bond donors (Lipinski definition) is 1. The minimum absolute atomic E-state index is 0.00853. The molecule has 2 aromatic rings. The molecular weight excluding hydrogens is 460 g/mol. The van der Waals surface area contributed by atoms with Gasteiger partial charge < -0.3 is 5.32 Å². The summed E-state index contributed by atoms with van der Waals surface area (Å²) >= 11 is 0. The third kappa shape index (κ3) is 6.00. The number of carbonyl (C=O) groups is 1. The molecule has 2 aromatic carbocycles. The molecule has 0 aliphatic carbocycles. The first-order chi connectivity index (χ1) is 16.3. The summed E-state index contributed by atoms with van der Waals surface area (Å²) in [6.45, 7) is 3.08. The van der Waals surface area contributed by atoms with Crippen molar-refractivity contribution in [2.45, 2.75) is 56.0 Å². The van der Waals surface area contributed by atoms with Crippen molar-refractivity contribution in [3.8, 4) is 0 Å². The first-order valence-electron chi connectivity index (χ1n) is 11.9. The lowest BCUT2D eigenvalue weighted by molar-refractivity contribution is 0.0908. The number of rotatable bonds is 6. The van der Waals surface area contributed by atoms with Gasteiger partial charge in [-0.15, -0.1) is 0 Å². The molecule has 0 bridgehead atoms. The molecule has 1 amide bonds.